The Morgan fingerprint density at radius 2 is 1.86 bits per heavy atom. The average Bonchev–Trinajstić information content (AvgIpc) is 2.05. The molecule has 0 aliphatic rings. The van der Waals surface area contributed by atoms with Crippen molar-refractivity contribution in [1.82, 2.24) is 4.90 Å². The van der Waals surface area contributed by atoms with Gasteiger partial charge in [-0.15, -0.1) is 25.6 Å². The highest BCUT2D eigenvalue weighted by Gasteiger charge is 2.07. The second kappa shape index (κ2) is 10.3. The normalized spacial score (nSPS) is 9.00. The number of esters is 1. The topological polar surface area (TPSA) is 29.5 Å². The Kier molecular flexibility index (Phi) is 11.5. The van der Waals surface area contributed by atoms with Gasteiger partial charge in [-0.05, 0) is 6.92 Å². The van der Waals surface area contributed by atoms with E-state index in [1.807, 2.05) is 4.90 Å². The zero-order valence-corrected chi connectivity index (χ0v) is 9.39. The molecule has 0 rings (SSSR count). The summed E-state index contributed by atoms with van der Waals surface area (Å²) in [7, 11) is 0. The molecule has 0 N–H and O–H groups in total. The fraction of sp³-hybridized carbons (Fsp3) is 0.500. The van der Waals surface area contributed by atoms with Gasteiger partial charge in [-0.3, -0.25) is 9.69 Å². The molecule has 0 aliphatic heterocycles. The van der Waals surface area contributed by atoms with Crippen molar-refractivity contribution in [2.75, 3.05) is 26.2 Å². The van der Waals surface area contributed by atoms with Crippen LogP contribution < -0.4 is 0 Å². The van der Waals surface area contributed by atoms with Crippen molar-refractivity contribution in [2.45, 2.75) is 6.92 Å². The maximum absolute atomic E-state index is 11.1. The first-order valence-corrected chi connectivity index (χ1v) is 4.34. The molecule has 0 aromatic carbocycles. The second-order valence-electron chi connectivity index (χ2n) is 2.58. The molecule has 0 aromatic heterocycles. The number of nitrogens with zero attached hydrogens (tertiary/aromatic N) is 1. The monoisotopic (exact) mass is 219 g/mol. The maximum atomic E-state index is 11.1. The quantitative estimate of drug-likeness (QED) is 0.482. The van der Waals surface area contributed by atoms with Gasteiger partial charge in [-0.1, -0.05) is 12.2 Å². The summed E-state index contributed by atoms with van der Waals surface area (Å²) < 4.78 is 4.82. The number of halogens is 1. The van der Waals surface area contributed by atoms with Crippen LogP contribution >= 0.6 is 12.4 Å². The van der Waals surface area contributed by atoms with Crippen LogP contribution in [-0.2, 0) is 9.53 Å². The molecule has 14 heavy (non-hydrogen) atoms. The Labute approximate surface area is 91.8 Å². The first-order valence-electron chi connectivity index (χ1n) is 4.34. The molecule has 0 aliphatic carbocycles. The largest absolute Gasteiger partial charge is 0.465 e. The van der Waals surface area contributed by atoms with Crippen LogP contribution in [0.1, 0.15) is 6.92 Å². The van der Waals surface area contributed by atoms with Gasteiger partial charge in [0, 0.05) is 13.1 Å². The van der Waals surface area contributed by atoms with Crippen LogP contribution in [0.15, 0.2) is 25.3 Å². The van der Waals surface area contributed by atoms with E-state index in [-0.39, 0.29) is 18.4 Å². The van der Waals surface area contributed by atoms with Crippen molar-refractivity contribution in [3.05, 3.63) is 25.3 Å². The van der Waals surface area contributed by atoms with Gasteiger partial charge in [-0.2, -0.15) is 0 Å². The lowest BCUT2D eigenvalue weighted by Gasteiger charge is -2.16. The lowest BCUT2D eigenvalue weighted by atomic mass is 10.4. The van der Waals surface area contributed by atoms with Crippen LogP contribution in [0.2, 0.25) is 0 Å². The molecule has 0 radical (unpaired) electrons. The van der Waals surface area contributed by atoms with E-state index >= 15 is 0 Å². The summed E-state index contributed by atoms with van der Waals surface area (Å²) in [6.45, 7) is 11.1. The molecular weight excluding hydrogens is 202 g/mol. The standard InChI is InChI=1S/C10H17NO2.ClH/c1-4-7-11(8-5-2)9-10(12)13-6-3;/h4-5H,1-2,6-9H2,3H3;1H. The van der Waals surface area contributed by atoms with Gasteiger partial charge in [0.25, 0.3) is 0 Å². The second-order valence-corrected chi connectivity index (χ2v) is 2.58. The Balaban J connectivity index is 0. The Morgan fingerprint density at radius 3 is 2.21 bits per heavy atom. The lowest BCUT2D eigenvalue weighted by molar-refractivity contribution is -0.144. The van der Waals surface area contributed by atoms with E-state index in [0.29, 0.717) is 26.2 Å². The summed E-state index contributed by atoms with van der Waals surface area (Å²) in [5, 5.41) is 0. The molecule has 0 saturated heterocycles. The van der Waals surface area contributed by atoms with E-state index in [4.69, 9.17) is 4.74 Å². The molecule has 0 atom stereocenters. The van der Waals surface area contributed by atoms with Crippen LogP contribution in [0.25, 0.3) is 0 Å². The van der Waals surface area contributed by atoms with Gasteiger partial charge >= 0.3 is 5.97 Å². The van der Waals surface area contributed by atoms with E-state index in [0.717, 1.165) is 0 Å². The van der Waals surface area contributed by atoms with E-state index in [1.54, 1.807) is 19.1 Å². The first-order chi connectivity index (χ1) is 6.24. The van der Waals surface area contributed by atoms with Crippen LogP contribution in [0.5, 0.6) is 0 Å². The smallest absolute Gasteiger partial charge is 0.320 e. The molecule has 0 heterocycles. The summed E-state index contributed by atoms with van der Waals surface area (Å²) in [6.07, 6.45) is 3.51. The molecule has 0 unspecified atom stereocenters. The minimum Gasteiger partial charge on any atom is -0.465 e. The predicted molar refractivity (Wildman–Crippen MR) is 60.7 cm³/mol. The van der Waals surface area contributed by atoms with Crippen molar-refractivity contribution < 1.29 is 9.53 Å². The van der Waals surface area contributed by atoms with E-state index in [9.17, 15) is 4.79 Å². The van der Waals surface area contributed by atoms with Crippen LogP contribution in [-0.4, -0.2) is 37.1 Å². The number of hydrogen-bond acceptors (Lipinski definition) is 3. The van der Waals surface area contributed by atoms with Crippen LogP contribution in [0.4, 0.5) is 0 Å². The number of ether oxygens (including phenoxy) is 1. The highest BCUT2D eigenvalue weighted by atomic mass is 35.5. The fourth-order valence-electron chi connectivity index (χ4n) is 0.958. The van der Waals surface area contributed by atoms with E-state index in [2.05, 4.69) is 13.2 Å². The van der Waals surface area contributed by atoms with Crippen molar-refractivity contribution >= 4 is 18.4 Å². The van der Waals surface area contributed by atoms with Gasteiger partial charge in [0.15, 0.2) is 0 Å². The number of rotatable bonds is 7. The molecule has 0 fully saturated rings. The van der Waals surface area contributed by atoms with Crippen LogP contribution in [0, 0.1) is 0 Å². The Morgan fingerprint density at radius 1 is 1.36 bits per heavy atom. The van der Waals surface area contributed by atoms with Gasteiger partial charge in [0.2, 0.25) is 0 Å². The molecule has 0 saturated carbocycles. The number of hydrogen-bond donors (Lipinski definition) is 0. The molecular formula is C10H18ClNO2. The first kappa shape index (κ1) is 15.7. The van der Waals surface area contributed by atoms with Gasteiger partial charge in [0.05, 0.1) is 13.2 Å². The summed E-state index contributed by atoms with van der Waals surface area (Å²) >= 11 is 0. The fourth-order valence-corrected chi connectivity index (χ4v) is 0.958. The number of carbonyl (C=O) groups is 1. The van der Waals surface area contributed by atoms with Gasteiger partial charge < -0.3 is 4.74 Å². The lowest BCUT2D eigenvalue weighted by Crippen LogP contribution is -2.31. The number of carbonyl (C=O) groups excluding carboxylic acids is 1. The SMILES string of the molecule is C=CCN(CC=C)CC(=O)OCC.Cl. The minimum absolute atomic E-state index is 0. The summed E-state index contributed by atoms with van der Waals surface area (Å²) in [5.41, 5.74) is 0. The van der Waals surface area contributed by atoms with Crippen molar-refractivity contribution in [1.29, 1.82) is 0 Å². The average molecular weight is 220 g/mol. The summed E-state index contributed by atoms with van der Waals surface area (Å²) in [6, 6.07) is 0. The Bertz CT molecular complexity index is 173. The zero-order valence-electron chi connectivity index (χ0n) is 8.57. The zero-order chi connectivity index (χ0) is 10.1. The third-order valence-corrected chi connectivity index (χ3v) is 1.43. The van der Waals surface area contributed by atoms with Crippen molar-refractivity contribution in [2.24, 2.45) is 0 Å². The third kappa shape index (κ3) is 7.83. The highest BCUT2D eigenvalue weighted by Crippen LogP contribution is 1.90. The van der Waals surface area contributed by atoms with Crippen molar-refractivity contribution in [3.8, 4) is 0 Å². The molecule has 4 heteroatoms. The maximum Gasteiger partial charge on any atom is 0.320 e. The minimum atomic E-state index is -0.203. The molecule has 82 valence electrons. The predicted octanol–water partition coefficient (Wildman–Crippen LogP) is 1.65. The van der Waals surface area contributed by atoms with Gasteiger partial charge in [0.1, 0.15) is 0 Å². The molecule has 0 amide bonds. The molecule has 0 spiro atoms. The summed E-state index contributed by atoms with van der Waals surface area (Å²) in [5.74, 6) is -0.203. The van der Waals surface area contributed by atoms with E-state index < -0.39 is 0 Å². The summed E-state index contributed by atoms with van der Waals surface area (Å²) in [4.78, 5) is 13.0. The van der Waals surface area contributed by atoms with E-state index in [1.165, 1.54) is 0 Å². The third-order valence-electron chi connectivity index (χ3n) is 1.43. The Hall–Kier alpha value is -0.800. The molecule has 0 aromatic rings. The van der Waals surface area contributed by atoms with Crippen LogP contribution in [0.3, 0.4) is 0 Å². The van der Waals surface area contributed by atoms with Crippen molar-refractivity contribution in [3.63, 3.8) is 0 Å². The highest BCUT2D eigenvalue weighted by molar-refractivity contribution is 5.85. The van der Waals surface area contributed by atoms with Gasteiger partial charge in [-0.25, -0.2) is 0 Å². The molecule has 3 nitrogen and oxygen atoms in total. The molecule has 0 bridgehead atoms.